The van der Waals surface area contributed by atoms with Crippen molar-refractivity contribution >= 4 is 23.0 Å². The molecule has 0 spiro atoms. The lowest BCUT2D eigenvalue weighted by atomic mass is 9.99. The summed E-state index contributed by atoms with van der Waals surface area (Å²) in [4.78, 5) is 20.1. The molecule has 8 nitrogen and oxygen atoms in total. The second kappa shape index (κ2) is 7.47. The number of hydrogen-bond acceptors (Lipinski definition) is 8. The van der Waals surface area contributed by atoms with Gasteiger partial charge in [-0.25, -0.2) is 4.79 Å². The molecule has 0 aromatic rings. The van der Waals surface area contributed by atoms with Crippen LogP contribution < -0.4 is 0 Å². The van der Waals surface area contributed by atoms with E-state index in [0.29, 0.717) is 13.1 Å². The SMILES string of the molecule is CCN(CC)C(=O)OCC1OC2SC(N3CCC3)=NC2C(O)C1O. The van der Waals surface area contributed by atoms with Gasteiger partial charge in [-0.2, -0.15) is 0 Å². The van der Waals surface area contributed by atoms with E-state index >= 15 is 0 Å². The maximum Gasteiger partial charge on any atom is 0.409 e. The Bertz CT molecular complexity index is 498. The molecule has 24 heavy (non-hydrogen) atoms. The smallest absolute Gasteiger partial charge is 0.409 e. The summed E-state index contributed by atoms with van der Waals surface area (Å²) in [5, 5.41) is 21.5. The Morgan fingerprint density at radius 3 is 2.67 bits per heavy atom. The number of amidine groups is 1. The summed E-state index contributed by atoms with van der Waals surface area (Å²) in [6.07, 6.45) is -2.20. The fourth-order valence-corrected chi connectivity index (χ4v) is 4.22. The zero-order valence-corrected chi connectivity index (χ0v) is 14.8. The number of aliphatic hydroxyl groups is 2. The molecule has 9 heteroatoms. The maximum absolute atomic E-state index is 11.9. The zero-order chi connectivity index (χ0) is 17.3. The standard InChI is InChI=1S/C15H25N3O5S/c1-3-17(4-2)15(21)22-8-9-11(19)12(20)10-13(23-9)24-14(16-10)18-6-5-7-18/h9-13,19-20H,3-8H2,1-2H3. The van der Waals surface area contributed by atoms with E-state index in [1.54, 1.807) is 4.90 Å². The molecule has 0 aromatic carbocycles. The summed E-state index contributed by atoms with van der Waals surface area (Å²) >= 11 is 1.47. The van der Waals surface area contributed by atoms with Crippen molar-refractivity contribution in [1.29, 1.82) is 0 Å². The molecule has 0 saturated carbocycles. The third-order valence-corrected chi connectivity index (χ3v) is 5.87. The van der Waals surface area contributed by atoms with Gasteiger partial charge in [0.15, 0.2) is 5.17 Å². The first-order valence-corrected chi connectivity index (χ1v) is 9.35. The molecule has 136 valence electrons. The molecular formula is C15H25N3O5S. The van der Waals surface area contributed by atoms with Crippen LogP contribution in [0.5, 0.6) is 0 Å². The number of nitrogens with zero attached hydrogens (tertiary/aromatic N) is 3. The Hall–Kier alpha value is -1.03. The predicted octanol–water partition coefficient (Wildman–Crippen LogP) is 0.0886. The van der Waals surface area contributed by atoms with Crippen molar-refractivity contribution in [2.45, 2.75) is 50.1 Å². The number of ether oxygens (including phenoxy) is 2. The summed E-state index contributed by atoms with van der Waals surface area (Å²) < 4.78 is 11.1. The van der Waals surface area contributed by atoms with Gasteiger partial charge in [0, 0.05) is 26.2 Å². The molecule has 5 atom stereocenters. The van der Waals surface area contributed by atoms with Gasteiger partial charge in [0.2, 0.25) is 0 Å². The Labute approximate surface area is 145 Å². The molecule has 2 N–H and O–H groups in total. The number of carbonyl (C=O) groups excluding carboxylic acids is 1. The zero-order valence-electron chi connectivity index (χ0n) is 14.0. The van der Waals surface area contributed by atoms with Crippen molar-refractivity contribution in [2.24, 2.45) is 4.99 Å². The Kier molecular flexibility index (Phi) is 5.53. The van der Waals surface area contributed by atoms with Crippen LogP contribution in [0, 0.1) is 0 Å². The molecule has 0 aromatic heterocycles. The molecule has 5 unspecified atom stereocenters. The van der Waals surface area contributed by atoms with Gasteiger partial charge in [0.25, 0.3) is 0 Å². The van der Waals surface area contributed by atoms with Gasteiger partial charge in [0.1, 0.15) is 36.4 Å². The molecule has 2 saturated heterocycles. The highest BCUT2D eigenvalue weighted by atomic mass is 32.2. The summed E-state index contributed by atoms with van der Waals surface area (Å²) in [5.41, 5.74) is -0.351. The average molecular weight is 359 g/mol. The van der Waals surface area contributed by atoms with Crippen LogP contribution in [-0.2, 0) is 9.47 Å². The third kappa shape index (κ3) is 3.35. The summed E-state index contributed by atoms with van der Waals surface area (Å²) in [6.45, 7) is 6.70. The normalized spacial score (nSPS) is 35.1. The lowest BCUT2D eigenvalue weighted by molar-refractivity contribution is -0.165. The quantitative estimate of drug-likeness (QED) is 0.734. The van der Waals surface area contributed by atoms with E-state index in [1.165, 1.54) is 11.8 Å². The average Bonchev–Trinajstić information content (AvgIpc) is 2.92. The van der Waals surface area contributed by atoms with Crippen molar-refractivity contribution in [3.05, 3.63) is 0 Å². The number of aliphatic imine (C=N–C) groups is 1. The minimum Gasteiger partial charge on any atom is -0.447 e. The Morgan fingerprint density at radius 2 is 2.08 bits per heavy atom. The largest absolute Gasteiger partial charge is 0.447 e. The third-order valence-electron chi connectivity index (χ3n) is 4.67. The number of fused-ring (bicyclic) bond motifs is 1. The predicted molar refractivity (Wildman–Crippen MR) is 89.9 cm³/mol. The second-order valence-electron chi connectivity index (χ2n) is 6.13. The summed E-state index contributed by atoms with van der Waals surface area (Å²) in [5.74, 6) is 0. The van der Waals surface area contributed by atoms with Gasteiger partial charge in [0.05, 0.1) is 0 Å². The topological polar surface area (TPSA) is 94.8 Å². The molecule has 2 fully saturated rings. The molecule has 3 aliphatic rings. The van der Waals surface area contributed by atoms with Gasteiger partial charge in [-0.3, -0.25) is 4.99 Å². The highest BCUT2D eigenvalue weighted by Gasteiger charge is 2.49. The van der Waals surface area contributed by atoms with Crippen LogP contribution >= 0.6 is 11.8 Å². The van der Waals surface area contributed by atoms with Crippen molar-refractivity contribution in [3.8, 4) is 0 Å². The maximum atomic E-state index is 11.9. The van der Waals surface area contributed by atoms with Crippen molar-refractivity contribution in [3.63, 3.8) is 0 Å². The molecule has 0 aliphatic carbocycles. The van der Waals surface area contributed by atoms with Crippen LogP contribution in [0.15, 0.2) is 4.99 Å². The molecule has 3 rings (SSSR count). The Balaban J connectivity index is 1.57. The summed E-state index contributed by atoms with van der Waals surface area (Å²) in [6, 6.07) is -0.477. The van der Waals surface area contributed by atoms with Gasteiger partial charge >= 0.3 is 6.09 Å². The Morgan fingerprint density at radius 1 is 1.38 bits per heavy atom. The highest BCUT2D eigenvalue weighted by Crippen LogP contribution is 2.38. The van der Waals surface area contributed by atoms with Crippen molar-refractivity contribution in [2.75, 3.05) is 32.8 Å². The lowest BCUT2D eigenvalue weighted by Gasteiger charge is -2.38. The first-order valence-electron chi connectivity index (χ1n) is 8.47. The first kappa shape index (κ1) is 17.8. The number of likely N-dealkylation sites (tertiary alicyclic amines) is 1. The van der Waals surface area contributed by atoms with E-state index in [0.717, 1.165) is 24.7 Å². The van der Waals surface area contributed by atoms with E-state index < -0.39 is 30.4 Å². The van der Waals surface area contributed by atoms with Crippen LogP contribution in [0.4, 0.5) is 4.79 Å². The number of aliphatic hydroxyl groups excluding tert-OH is 2. The van der Waals surface area contributed by atoms with E-state index in [4.69, 9.17) is 9.47 Å². The monoisotopic (exact) mass is 359 g/mol. The van der Waals surface area contributed by atoms with E-state index in [2.05, 4.69) is 9.89 Å². The minimum atomic E-state index is -1.13. The fraction of sp³-hybridized carbons (Fsp3) is 0.867. The van der Waals surface area contributed by atoms with Crippen LogP contribution in [-0.4, -0.2) is 93.8 Å². The number of rotatable bonds is 4. The number of carbonyl (C=O) groups is 1. The fourth-order valence-electron chi connectivity index (χ4n) is 2.94. The molecular weight excluding hydrogens is 334 g/mol. The number of hydrogen-bond donors (Lipinski definition) is 2. The van der Waals surface area contributed by atoms with Crippen LogP contribution in [0.2, 0.25) is 0 Å². The van der Waals surface area contributed by atoms with Crippen molar-refractivity contribution in [1.82, 2.24) is 9.80 Å². The minimum absolute atomic E-state index is 0.0869. The van der Waals surface area contributed by atoms with Gasteiger partial charge < -0.3 is 29.5 Å². The van der Waals surface area contributed by atoms with E-state index in [1.807, 2.05) is 13.8 Å². The number of amides is 1. The van der Waals surface area contributed by atoms with Crippen LogP contribution in [0.25, 0.3) is 0 Å². The van der Waals surface area contributed by atoms with Crippen LogP contribution in [0.1, 0.15) is 20.3 Å². The molecule has 3 aliphatic heterocycles. The molecule has 0 bridgehead atoms. The number of thioether (sulfide) groups is 1. The van der Waals surface area contributed by atoms with Crippen LogP contribution in [0.3, 0.4) is 0 Å². The second-order valence-corrected chi connectivity index (χ2v) is 7.20. The lowest BCUT2D eigenvalue weighted by Crippen LogP contribution is -2.56. The first-order chi connectivity index (χ1) is 11.5. The van der Waals surface area contributed by atoms with Crippen molar-refractivity contribution < 1.29 is 24.5 Å². The highest BCUT2D eigenvalue weighted by molar-refractivity contribution is 8.14. The molecule has 3 heterocycles. The summed E-state index contributed by atoms with van der Waals surface area (Å²) in [7, 11) is 0. The van der Waals surface area contributed by atoms with E-state index in [-0.39, 0.29) is 12.0 Å². The van der Waals surface area contributed by atoms with E-state index in [9.17, 15) is 15.0 Å². The van der Waals surface area contributed by atoms with Gasteiger partial charge in [-0.05, 0) is 20.3 Å². The molecule has 0 radical (unpaired) electrons. The van der Waals surface area contributed by atoms with Gasteiger partial charge in [-0.15, -0.1) is 0 Å². The molecule has 1 amide bonds. The van der Waals surface area contributed by atoms with Gasteiger partial charge in [-0.1, -0.05) is 11.8 Å².